The number of carbonyl (C=O) groups excluding carboxylic acids is 1. The number of aryl methyl sites for hydroxylation is 2. The molecule has 20 heavy (non-hydrogen) atoms. The molecule has 0 N–H and O–H groups in total. The van der Waals surface area contributed by atoms with Gasteiger partial charge in [-0.3, -0.25) is 4.79 Å². The van der Waals surface area contributed by atoms with Crippen molar-refractivity contribution >= 4 is 5.78 Å². The third-order valence-corrected chi connectivity index (χ3v) is 2.93. The van der Waals surface area contributed by atoms with E-state index in [0.29, 0.717) is 5.56 Å². The summed E-state index contributed by atoms with van der Waals surface area (Å²) in [5.41, 5.74) is 2.40. The Kier molecular flexibility index (Phi) is 4.13. The maximum atomic E-state index is 13.4. The molecular weight excluding hydrogens is 262 g/mol. The highest BCUT2D eigenvalue weighted by atomic mass is 19.1. The maximum absolute atomic E-state index is 13.4. The molecule has 0 aromatic heterocycles. The van der Waals surface area contributed by atoms with Gasteiger partial charge in [0.2, 0.25) is 0 Å². The second-order valence-corrected chi connectivity index (χ2v) is 4.60. The first-order valence-corrected chi connectivity index (χ1v) is 6.15. The van der Waals surface area contributed by atoms with E-state index in [0.717, 1.165) is 29.3 Å². The van der Waals surface area contributed by atoms with Gasteiger partial charge in [-0.1, -0.05) is 23.8 Å². The first-order chi connectivity index (χ1) is 9.47. The smallest absolute Gasteiger partial charge is 0.200 e. The minimum Gasteiger partial charge on any atom is -0.482 e. The van der Waals surface area contributed by atoms with Gasteiger partial charge < -0.3 is 4.74 Å². The lowest BCUT2D eigenvalue weighted by atomic mass is 10.0. The van der Waals surface area contributed by atoms with Gasteiger partial charge in [0.1, 0.15) is 5.82 Å². The summed E-state index contributed by atoms with van der Waals surface area (Å²) in [5.74, 6) is -1.84. The Labute approximate surface area is 116 Å². The molecule has 0 heterocycles. The lowest BCUT2D eigenvalue weighted by Crippen LogP contribution is -2.13. The molecule has 2 rings (SSSR count). The zero-order valence-electron chi connectivity index (χ0n) is 11.2. The van der Waals surface area contributed by atoms with Gasteiger partial charge >= 0.3 is 0 Å². The van der Waals surface area contributed by atoms with E-state index in [1.165, 1.54) is 0 Å². The highest BCUT2D eigenvalue weighted by Crippen LogP contribution is 2.19. The Morgan fingerprint density at radius 1 is 1.10 bits per heavy atom. The number of hydrogen-bond donors (Lipinski definition) is 0. The Bertz CT molecular complexity index is 651. The lowest BCUT2D eigenvalue weighted by molar-refractivity contribution is 0.0918. The Morgan fingerprint density at radius 2 is 1.85 bits per heavy atom. The molecule has 0 bridgehead atoms. The molecule has 0 aliphatic rings. The van der Waals surface area contributed by atoms with E-state index in [-0.39, 0.29) is 18.1 Å². The van der Waals surface area contributed by atoms with Crippen molar-refractivity contribution in [1.82, 2.24) is 0 Å². The van der Waals surface area contributed by atoms with Crippen LogP contribution in [0.15, 0.2) is 36.4 Å². The van der Waals surface area contributed by atoms with E-state index in [2.05, 4.69) is 0 Å². The number of hydrogen-bond acceptors (Lipinski definition) is 2. The van der Waals surface area contributed by atoms with E-state index in [1.54, 1.807) is 6.07 Å². The van der Waals surface area contributed by atoms with Crippen molar-refractivity contribution in [2.75, 3.05) is 6.61 Å². The van der Waals surface area contributed by atoms with Crippen LogP contribution in [-0.4, -0.2) is 12.4 Å². The Balaban J connectivity index is 2.10. The molecule has 0 unspecified atom stereocenters. The highest BCUT2D eigenvalue weighted by molar-refractivity contribution is 5.98. The minimum atomic E-state index is -0.695. The van der Waals surface area contributed by atoms with Gasteiger partial charge in [-0.25, -0.2) is 8.78 Å². The van der Waals surface area contributed by atoms with Crippen molar-refractivity contribution in [2.45, 2.75) is 13.8 Å². The summed E-state index contributed by atoms with van der Waals surface area (Å²) in [6.07, 6.45) is 0. The number of ketones is 1. The predicted octanol–water partition coefficient (Wildman–Crippen LogP) is 3.84. The summed E-state index contributed by atoms with van der Waals surface area (Å²) in [5, 5.41) is 0. The lowest BCUT2D eigenvalue weighted by Gasteiger charge is -2.09. The van der Waals surface area contributed by atoms with Crippen molar-refractivity contribution in [3.8, 4) is 5.75 Å². The molecule has 104 valence electrons. The summed E-state index contributed by atoms with van der Waals surface area (Å²) in [6, 6.07) is 8.29. The first-order valence-electron chi connectivity index (χ1n) is 6.15. The molecule has 0 amide bonds. The number of halogens is 2. The predicted molar refractivity (Wildman–Crippen MR) is 72.1 cm³/mol. The summed E-state index contributed by atoms with van der Waals surface area (Å²) in [6.45, 7) is 3.42. The van der Waals surface area contributed by atoms with Crippen molar-refractivity contribution in [2.24, 2.45) is 0 Å². The molecular formula is C16H14F2O2. The summed E-state index contributed by atoms with van der Waals surface area (Å²) in [7, 11) is 0. The van der Waals surface area contributed by atoms with Crippen LogP contribution in [0.5, 0.6) is 5.75 Å². The largest absolute Gasteiger partial charge is 0.482 e. The summed E-state index contributed by atoms with van der Waals surface area (Å²) >= 11 is 0. The third-order valence-electron chi connectivity index (χ3n) is 2.93. The summed E-state index contributed by atoms with van der Waals surface area (Å²) < 4.78 is 31.4. The fourth-order valence-electron chi connectivity index (χ4n) is 1.94. The van der Waals surface area contributed by atoms with Crippen LogP contribution < -0.4 is 4.74 Å². The number of Topliss-reactive ketones (excluding diaryl/α,β-unsaturated/α-hetero) is 1. The molecule has 0 saturated heterocycles. The number of carbonyl (C=O) groups is 1. The number of rotatable bonds is 4. The summed E-state index contributed by atoms with van der Waals surface area (Å²) in [4.78, 5) is 12.0. The second kappa shape index (κ2) is 5.82. The number of ether oxygens (including phenoxy) is 1. The topological polar surface area (TPSA) is 26.3 Å². The van der Waals surface area contributed by atoms with E-state index in [9.17, 15) is 13.6 Å². The zero-order chi connectivity index (χ0) is 14.7. The van der Waals surface area contributed by atoms with Crippen molar-refractivity contribution in [3.63, 3.8) is 0 Å². The zero-order valence-corrected chi connectivity index (χ0v) is 11.2. The molecule has 0 spiro atoms. The molecule has 0 atom stereocenters. The van der Waals surface area contributed by atoms with Crippen LogP contribution in [0.2, 0.25) is 0 Å². The van der Waals surface area contributed by atoms with E-state index < -0.39 is 11.6 Å². The van der Waals surface area contributed by atoms with Gasteiger partial charge in [-0.2, -0.15) is 0 Å². The minimum absolute atomic E-state index is 0.261. The fraction of sp³-hybridized carbons (Fsp3) is 0.188. The molecule has 0 aliphatic carbocycles. The van der Waals surface area contributed by atoms with Gasteiger partial charge in [0.25, 0.3) is 0 Å². The molecule has 4 heteroatoms. The Morgan fingerprint density at radius 3 is 2.55 bits per heavy atom. The average Bonchev–Trinajstić information content (AvgIpc) is 2.39. The van der Waals surface area contributed by atoms with Crippen LogP contribution in [0.1, 0.15) is 21.5 Å². The SMILES string of the molecule is Cc1ccc(C(=O)COc2cc(F)ccc2F)c(C)c1. The Hall–Kier alpha value is -2.23. The molecule has 0 fully saturated rings. The van der Waals surface area contributed by atoms with Crippen LogP contribution >= 0.6 is 0 Å². The molecule has 2 aromatic rings. The van der Waals surface area contributed by atoms with Crippen LogP contribution in [0.4, 0.5) is 8.78 Å². The maximum Gasteiger partial charge on any atom is 0.200 e. The quantitative estimate of drug-likeness (QED) is 0.793. The van der Waals surface area contributed by atoms with Crippen molar-refractivity contribution in [1.29, 1.82) is 0 Å². The molecule has 2 nitrogen and oxygen atoms in total. The third kappa shape index (κ3) is 3.20. The van der Waals surface area contributed by atoms with Crippen LogP contribution in [0, 0.1) is 25.5 Å². The molecule has 0 aliphatic heterocycles. The molecule has 0 radical (unpaired) electrons. The number of benzene rings is 2. The molecule has 0 saturated carbocycles. The van der Waals surface area contributed by atoms with Crippen LogP contribution in [-0.2, 0) is 0 Å². The molecule has 2 aromatic carbocycles. The fourth-order valence-corrected chi connectivity index (χ4v) is 1.94. The van der Waals surface area contributed by atoms with Gasteiger partial charge in [0.15, 0.2) is 24.0 Å². The van der Waals surface area contributed by atoms with Crippen LogP contribution in [0.3, 0.4) is 0 Å². The van der Waals surface area contributed by atoms with Crippen LogP contribution in [0.25, 0.3) is 0 Å². The second-order valence-electron chi connectivity index (χ2n) is 4.60. The van der Waals surface area contributed by atoms with Crippen molar-refractivity contribution < 1.29 is 18.3 Å². The van der Waals surface area contributed by atoms with Gasteiger partial charge in [0.05, 0.1) is 0 Å². The van der Waals surface area contributed by atoms with E-state index >= 15 is 0 Å². The standard InChI is InChI=1S/C16H14F2O2/c1-10-3-5-13(11(2)7-10)15(19)9-20-16-8-12(17)4-6-14(16)18/h3-8H,9H2,1-2H3. The van der Waals surface area contributed by atoms with E-state index in [1.807, 2.05) is 26.0 Å². The van der Waals surface area contributed by atoms with E-state index in [4.69, 9.17) is 4.74 Å². The monoisotopic (exact) mass is 276 g/mol. The normalized spacial score (nSPS) is 10.4. The van der Waals surface area contributed by atoms with Gasteiger partial charge in [0, 0.05) is 11.6 Å². The highest BCUT2D eigenvalue weighted by Gasteiger charge is 2.12. The van der Waals surface area contributed by atoms with Crippen molar-refractivity contribution in [3.05, 3.63) is 64.7 Å². The average molecular weight is 276 g/mol. The van der Waals surface area contributed by atoms with Gasteiger partial charge in [-0.05, 0) is 31.5 Å². The first kappa shape index (κ1) is 14.2. The van der Waals surface area contributed by atoms with Gasteiger partial charge in [-0.15, -0.1) is 0 Å².